The molecule has 0 bridgehead atoms. The summed E-state index contributed by atoms with van der Waals surface area (Å²) in [6, 6.07) is 7.15. The molecule has 8 heteroatoms. The van der Waals surface area contributed by atoms with Crippen LogP contribution in [0.3, 0.4) is 0 Å². The van der Waals surface area contributed by atoms with Gasteiger partial charge in [-0.1, -0.05) is 0 Å². The van der Waals surface area contributed by atoms with Crippen LogP contribution in [0.15, 0.2) is 36.4 Å². The van der Waals surface area contributed by atoms with Crippen LogP contribution in [0.25, 0.3) is 0 Å². The third kappa shape index (κ3) is 4.17. The SMILES string of the molecule is COc1ccc(F)cc1C(=O)COC(=O)c1ccc([N+](=O)[O-])c(C)c1. The fourth-order valence-electron chi connectivity index (χ4n) is 2.18. The van der Waals surface area contributed by atoms with Crippen molar-refractivity contribution in [3.63, 3.8) is 0 Å². The Bertz CT molecular complexity index is 849. The average molecular weight is 347 g/mol. The number of carbonyl (C=O) groups is 2. The van der Waals surface area contributed by atoms with Crippen molar-refractivity contribution in [3.05, 3.63) is 69.0 Å². The molecule has 0 radical (unpaired) electrons. The summed E-state index contributed by atoms with van der Waals surface area (Å²) in [5.41, 5.74) is 0.187. The highest BCUT2D eigenvalue weighted by molar-refractivity contribution is 6.01. The molecule has 0 aliphatic heterocycles. The van der Waals surface area contributed by atoms with Gasteiger partial charge in [0.1, 0.15) is 11.6 Å². The molecule has 25 heavy (non-hydrogen) atoms. The summed E-state index contributed by atoms with van der Waals surface area (Å²) in [7, 11) is 1.33. The molecule has 0 spiro atoms. The van der Waals surface area contributed by atoms with Crippen LogP contribution in [0.4, 0.5) is 10.1 Å². The number of ketones is 1. The molecule has 0 unspecified atom stereocenters. The number of rotatable bonds is 6. The maximum absolute atomic E-state index is 13.3. The molecule has 2 rings (SSSR count). The molecular formula is C17H14FNO6. The van der Waals surface area contributed by atoms with E-state index in [1.54, 1.807) is 0 Å². The van der Waals surface area contributed by atoms with Crippen molar-refractivity contribution in [3.8, 4) is 5.75 Å². The van der Waals surface area contributed by atoms with E-state index in [0.717, 1.165) is 12.1 Å². The first-order valence-corrected chi connectivity index (χ1v) is 7.12. The van der Waals surface area contributed by atoms with Gasteiger partial charge in [-0.3, -0.25) is 14.9 Å². The van der Waals surface area contributed by atoms with Crippen molar-refractivity contribution >= 4 is 17.4 Å². The smallest absolute Gasteiger partial charge is 0.338 e. The van der Waals surface area contributed by atoms with Gasteiger partial charge in [0.2, 0.25) is 5.78 Å². The van der Waals surface area contributed by atoms with E-state index < -0.39 is 29.1 Å². The van der Waals surface area contributed by atoms with Gasteiger partial charge in [-0.15, -0.1) is 0 Å². The summed E-state index contributed by atoms with van der Waals surface area (Å²) in [5, 5.41) is 10.8. The van der Waals surface area contributed by atoms with Crippen molar-refractivity contribution in [2.45, 2.75) is 6.92 Å². The third-order valence-electron chi connectivity index (χ3n) is 3.43. The monoisotopic (exact) mass is 347 g/mol. The summed E-state index contributed by atoms with van der Waals surface area (Å²) < 4.78 is 23.2. The zero-order valence-electron chi connectivity index (χ0n) is 13.4. The Morgan fingerprint density at radius 1 is 1.20 bits per heavy atom. The first-order chi connectivity index (χ1) is 11.8. The first-order valence-electron chi connectivity index (χ1n) is 7.12. The number of Topliss-reactive ketones (excluding diaryl/α,β-unsaturated/α-hetero) is 1. The summed E-state index contributed by atoms with van der Waals surface area (Å²) in [6.45, 7) is 0.867. The van der Waals surface area contributed by atoms with E-state index in [0.29, 0.717) is 0 Å². The van der Waals surface area contributed by atoms with Crippen molar-refractivity contribution in [2.75, 3.05) is 13.7 Å². The highest BCUT2D eigenvalue weighted by Crippen LogP contribution is 2.21. The van der Waals surface area contributed by atoms with Crippen molar-refractivity contribution < 1.29 is 28.4 Å². The molecule has 0 atom stereocenters. The zero-order chi connectivity index (χ0) is 18.6. The minimum atomic E-state index is -0.818. The van der Waals surface area contributed by atoms with Gasteiger partial charge in [-0.05, 0) is 37.3 Å². The van der Waals surface area contributed by atoms with E-state index >= 15 is 0 Å². The number of nitrogens with zero attached hydrogens (tertiary/aromatic N) is 1. The van der Waals surface area contributed by atoms with Crippen LogP contribution in [-0.4, -0.2) is 30.4 Å². The van der Waals surface area contributed by atoms with E-state index in [-0.39, 0.29) is 28.1 Å². The molecule has 2 aromatic rings. The first kappa shape index (κ1) is 18.1. The normalized spacial score (nSPS) is 10.2. The van der Waals surface area contributed by atoms with Gasteiger partial charge < -0.3 is 9.47 Å². The maximum atomic E-state index is 13.3. The largest absolute Gasteiger partial charge is 0.496 e. The van der Waals surface area contributed by atoms with Crippen molar-refractivity contribution in [2.24, 2.45) is 0 Å². The third-order valence-corrected chi connectivity index (χ3v) is 3.43. The topological polar surface area (TPSA) is 95.7 Å². The highest BCUT2D eigenvalue weighted by atomic mass is 19.1. The van der Waals surface area contributed by atoms with Crippen LogP contribution in [0.5, 0.6) is 5.75 Å². The number of methoxy groups -OCH3 is 1. The number of halogens is 1. The van der Waals surface area contributed by atoms with E-state index in [1.165, 1.54) is 38.3 Å². The Morgan fingerprint density at radius 2 is 1.92 bits per heavy atom. The molecule has 2 aromatic carbocycles. The van der Waals surface area contributed by atoms with E-state index in [9.17, 15) is 24.1 Å². The Balaban J connectivity index is 2.10. The average Bonchev–Trinajstić information content (AvgIpc) is 2.58. The van der Waals surface area contributed by atoms with Crippen LogP contribution in [0.2, 0.25) is 0 Å². The molecule has 0 N–H and O–H groups in total. The van der Waals surface area contributed by atoms with Crippen LogP contribution < -0.4 is 4.74 Å². The molecule has 0 aliphatic rings. The summed E-state index contributed by atoms with van der Waals surface area (Å²) in [5.74, 6) is -1.92. The Morgan fingerprint density at radius 3 is 2.52 bits per heavy atom. The Hall–Kier alpha value is -3.29. The summed E-state index contributed by atoms with van der Waals surface area (Å²) >= 11 is 0. The highest BCUT2D eigenvalue weighted by Gasteiger charge is 2.18. The lowest BCUT2D eigenvalue weighted by Crippen LogP contribution is -2.15. The van der Waals surface area contributed by atoms with Gasteiger partial charge in [0.05, 0.1) is 23.2 Å². The predicted octanol–water partition coefficient (Wildman–Crippen LogP) is 3.09. The molecule has 0 amide bonds. The molecular weight excluding hydrogens is 333 g/mol. The second-order valence-corrected chi connectivity index (χ2v) is 5.10. The van der Waals surface area contributed by atoms with Gasteiger partial charge in [-0.2, -0.15) is 0 Å². The summed E-state index contributed by atoms with van der Waals surface area (Å²) in [6.07, 6.45) is 0. The minimum Gasteiger partial charge on any atom is -0.496 e. The molecule has 0 fully saturated rings. The second kappa shape index (κ2) is 7.52. The fraction of sp³-hybridized carbons (Fsp3) is 0.176. The maximum Gasteiger partial charge on any atom is 0.338 e. The molecule has 0 aliphatic carbocycles. The van der Waals surface area contributed by atoms with Gasteiger partial charge >= 0.3 is 5.97 Å². The number of nitro benzene ring substituents is 1. The number of ether oxygens (including phenoxy) is 2. The Labute approximate surface area is 142 Å². The number of benzene rings is 2. The van der Waals surface area contributed by atoms with Gasteiger partial charge in [0.15, 0.2) is 6.61 Å². The molecule has 0 saturated carbocycles. The molecule has 0 heterocycles. The quantitative estimate of drug-likeness (QED) is 0.345. The molecule has 0 saturated heterocycles. The number of carbonyl (C=O) groups excluding carboxylic acids is 2. The zero-order valence-corrected chi connectivity index (χ0v) is 13.4. The fourth-order valence-corrected chi connectivity index (χ4v) is 2.18. The van der Waals surface area contributed by atoms with Crippen molar-refractivity contribution in [1.82, 2.24) is 0 Å². The van der Waals surface area contributed by atoms with Crippen LogP contribution in [0, 0.1) is 22.9 Å². The number of hydrogen-bond acceptors (Lipinski definition) is 6. The van der Waals surface area contributed by atoms with E-state index in [4.69, 9.17) is 9.47 Å². The number of aryl methyl sites for hydroxylation is 1. The van der Waals surface area contributed by atoms with Gasteiger partial charge in [-0.25, -0.2) is 9.18 Å². The van der Waals surface area contributed by atoms with Gasteiger partial charge in [0, 0.05) is 11.6 Å². The lowest BCUT2D eigenvalue weighted by molar-refractivity contribution is -0.385. The van der Waals surface area contributed by atoms with Crippen LogP contribution in [0.1, 0.15) is 26.3 Å². The minimum absolute atomic E-state index is 0.0461. The standard InChI is InChI=1S/C17H14FNO6/c1-10-7-11(3-5-14(10)19(22)23)17(21)25-9-15(20)13-8-12(18)4-6-16(13)24-2/h3-8H,9H2,1-2H3. The van der Waals surface area contributed by atoms with Crippen LogP contribution >= 0.6 is 0 Å². The van der Waals surface area contributed by atoms with Gasteiger partial charge in [0.25, 0.3) is 5.69 Å². The molecule has 0 aromatic heterocycles. The number of nitro groups is 1. The summed E-state index contributed by atoms with van der Waals surface area (Å²) in [4.78, 5) is 34.3. The van der Waals surface area contributed by atoms with Crippen LogP contribution in [-0.2, 0) is 4.74 Å². The molecule has 130 valence electrons. The predicted molar refractivity (Wildman–Crippen MR) is 85.4 cm³/mol. The Kier molecular flexibility index (Phi) is 5.43. The lowest BCUT2D eigenvalue weighted by Gasteiger charge is -2.09. The van der Waals surface area contributed by atoms with E-state index in [1.807, 2.05) is 0 Å². The number of esters is 1. The second-order valence-electron chi connectivity index (χ2n) is 5.10. The van der Waals surface area contributed by atoms with E-state index in [2.05, 4.69) is 0 Å². The van der Waals surface area contributed by atoms with Crippen molar-refractivity contribution in [1.29, 1.82) is 0 Å². The molecule has 7 nitrogen and oxygen atoms in total. The lowest BCUT2D eigenvalue weighted by atomic mass is 10.1. The number of hydrogen-bond donors (Lipinski definition) is 0.